The zero-order valence-corrected chi connectivity index (χ0v) is 14.6. The van der Waals surface area contributed by atoms with Crippen LogP contribution in [0.5, 0.6) is 0 Å². The average molecular weight is 349 g/mol. The van der Waals surface area contributed by atoms with Crippen LogP contribution in [0.1, 0.15) is 18.6 Å². The highest BCUT2D eigenvalue weighted by Crippen LogP contribution is 2.29. The van der Waals surface area contributed by atoms with Crippen molar-refractivity contribution in [3.8, 4) is 0 Å². The number of anilines is 1. The van der Waals surface area contributed by atoms with Crippen molar-refractivity contribution < 1.29 is 24.2 Å². The lowest BCUT2D eigenvalue weighted by molar-refractivity contribution is -0.164. The van der Waals surface area contributed by atoms with Crippen LogP contribution in [0.2, 0.25) is 0 Å². The fourth-order valence-corrected chi connectivity index (χ4v) is 2.67. The summed E-state index contributed by atoms with van der Waals surface area (Å²) in [5, 5.41) is 12.5. The van der Waals surface area contributed by atoms with E-state index in [4.69, 9.17) is 4.74 Å². The van der Waals surface area contributed by atoms with E-state index in [1.54, 1.807) is 38.4 Å². The first-order chi connectivity index (χ1) is 11.8. The molecule has 3 amide bonds. The summed E-state index contributed by atoms with van der Waals surface area (Å²) in [4.78, 5) is 38.0. The molecule has 1 aromatic rings. The van der Waals surface area contributed by atoms with Gasteiger partial charge in [0.15, 0.2) is 0 Å². The Kier molecular flexibility index (Phi) is 6.11. The molecule has 8 heteroatoms. The standard InChI is InChI=1S/C17H23N3O5/c1-11(22)18-13-6-4-12(5-7-13)17-14(9-21)20(16(24)10-25-17)8-15(23)19(2)3/h4-7,14,17,21H,8-10H2,1-3H3,(H,18,22)/t14-,17-/m1/s1. The maximum Gasteiger partial charge on any atom is 0.249 e. The van der Waals surface area contributed by atoms with Crippen LogP contribution < -0.4 is 5.32 Å². The molecule has 1 saturated heterocycles. The molecule has 2 rings (SSSR count). The van der Waals surface area contributed by atoms with Crippen molar-refractivity contribution in [2.24, 2.45) is 0 Å². The summed E-state index contributed by atoms with van der Waals surface area (Å²) in [6.07, 6.45) is -0.552. The van der Waals surface area contributed by atoms with E-state index in [0.29, 0.717) is 5.69 Å². The predicted octanol–water partition coefficient (Wildman–Crippen LogP) is -0.00600. The van der Waals surface area contributed by atoms with E-state index in [0.717, 1.165) is 5.56 Å². The van der Waals surface area contributed by atoms with Gasteiger partial charge < -0.3 is 25.0 Å². The summed E-state index contributed by atoms with van der Waals surface area (Å²) < 4.78 is 5.61. The molecule has 0 bridgehead atoms. The van der Waals surface area contributed by atoms with Gasteiger partial charge in [-0.1, -0.05) is 12.1 Å². The lowest BCUT2D eigenvalue weighted by Gasteiger charge is -2.40. The minimum atomic E-state index is -0.656. The number of morpholine rings is 1. The van der Waals surface area contributed by atoms with Gasteiger partial charge in [-0.3, -0.25) is 14.4 Å². The molecule has 0 radical (unpaired) electrons. The van der Waals surface area contributed by atoms with Gasteiger partial charge in [-0.2, -0.15) is 0 Å². The van der Waals surface area contributed by atoms with E-state index < -0.39 is 12.1 Å². The van der Waals surface area contributed by atoms with Gasteiger partial charge in [-0.15, -0.1) is 0 Å². The van der Waals surface area contributed by atoms with E-state index in [1.807, 2.05) is 0 Å². The van der Waals surface area contributed by atoms with Crippen LogP contribution in [-0.4, -0.2) is 72.5 Å². The van der Waals surface area contributed by atoms with Crippen LogP contribution in [0, 0.1) is 0 Å². The Labute approximate surface area is 146 Å². The van der Waals surface area contributed by atoms with Gasteiger partial charge >= 0.3 is 0 Å². The number of likely N-dealkylation sites (N-methyl/N-ethyl adjacent to an activating group) is 1. The number of aliphatic hydroxyl groups excluding tert-OH is 1. The molecule has 0 saturated carbocycles. The fraction of sp³-hybridized carbons (Fsp3) is 0.471. The minimum absolute atomic E-state index is 0.110. The maximum atomic E-state index is 12.1. The van der Waals surface area contributed by atoms with Gasteiger partial charge in [0.2, 0.25) is 17.7 Å². The fourth-order valence-electron chi connectivity index (χ4n) is 2.67. The summed E-state index contributed by atoms with van der Waals surface area (Å²) in [5.41, 5.74) is 1.39. The molecule has 0 spiro atoms. The van der Waals surface area contributed by atoms with Gasteiger partial charge in [0.05, 0.1) is 12.6 Å². The Morgan fingerprint density at radius 2 is 1.96 bits per heavy atom. The van der Waals surface area contributed by atoms with E-state index >= 15 is 0 Å². The Morgan fingerprint density at radius 1 is 1.32 bits per heavy atom. The first-order valence-corrected chi connectivity index (χ1v) is 7.93. The normalized spacial score (nSPS) is 20.3. The second-order valence-corrected chi connectivity index (χ2v) is 6.09. The largest absolute Gasteiger partial charge is 0.394 e. The SMILES string of the molecule is CC(=O)Nc1ccc([C@H]2OCC(=O)N(CC(=O)N(C)C)[C@@H]2CO)cc1. The van der Waals surface area contributed by atoms with Crippen molar-refractivity contribution in [2.75, 3.05) is 39.2 Å². The van der Waals surface area contributed by atoms with Crippen molar-refractivity contribution in [3.63, 3.8) is 0 Å². The van der Waals surface area contributed by atoms with Crippen LogP contribution in [0.4, 0.5) is 5.69 Å². The van der Waals surface area contributed by atoms with Crippen molar-refractivity contribution in [1.29, 1.82) is 0 Å². The molecule has 2 atom stereocenters. The van der Waals surface area contributed by atoms with E-state index in [1.165, 1.54) is 16.7 Å². The number of amides is 3. The number of hydrogen-bond donors (Lipinski definition) is 2. The maximum absolute atomic E-state index is 12.1. The second-order valence-electron chi connectivity index (χ2n) is 6.09. The zero-order valence-electron chi connectivity index (χ0n) is 14.6. The number of aliphatic hydroxyl groups is 1. The van der Waals surface area contributed by atoms with Crippen molar-refractivity contribution in [1.82, 2.24) is 9.80 Å². The number of nitrogens with one attached hydrogen (secondary N) is 1. The molecular weight excluding hydrogens is 326 g/mol. The third-order valence-corrected chi connectivity index (χ3v) is 4.01. The quantitative estimate of drug-likeness (QED) is 0.779. The Bertz CT molecular complexity index is 644. The first kappa shape index (κ1) is 18.9. The molecule has 136 valence electrons. The molecular formula is C17H23N3O5. The first-order valence-electron chi connectivity index (χ1n) is 7.93. The third-order valence-electron chi connectivity index (χ3n) is 4.01. The summed E-state index contributed by atoms with van der Waals surface area (Å²) in [5.74, 6) is -0.734. The van der Waals surface area contributed by atoms with Crippen LogP contribution in [0.3, 0.4) is 0 Å². The molecule has 8 nitrogen and oxygen atoms in total. The monoisotopic (exact) mass is 349 g/mol. The molecule has 1 fully saturated rings. The highest BCUT2D eigenvalue weighted by molar-refractivity contribution is 5.88. The number of hydrogen-bond acceptors (Lipinski definition) is 5. The molecule has 0 aliphatic carbocycles. The van der Waals surface area contributed by atoms with Gasteiger partial charge in [-0.25, -0.2) is 0 Å². The van der Waals surface area contributed by atoms with Gasteiger partial charge in [-0.05, 0) is 17.7 Å². The van der Waals surface area contributed by atoms with E-state index in [2.05, 4.69) is 5.32 Å². The number of nitrogens with zero attached hydrogens (tertiary/aromatic N) is 2. The Hall–Kier alpha value is -2.45. The molecule has 0 aromatic heterocycles. The van der Waals surface area contributed by atoms with Crippen molar-refractivity contribution in [3.05, 3.63) is 29.8 Å². The molecule has 1 aliphatic rings. The number of benzene rings is 1. The second kappa shape index (κ2) is 8.09. The molecule has 1 heterocycles. The molecule has 2 N–H and O–H groups in total. The zero-order chi connectivity index (χ0) is 18.6. The summed E-state index contributed by atoms with van der Waals surface area (Å²) in [6, 6.07) is 6.32. The van der Waals surface area contributed by atoms with Crippen LogP contribution in [-0.2, 0) is 19.1 Å². The van der Waals surface area contributed by atoms with Crippen LogP contribution in [0.15, 0.2) is 24.3 Å². The Morgan fingerprint density at radius 3 is 2.48 bits per heavy atom. The predicted molar refractivity (Wildman–Crippen MR) is 90.7 cm³/mol. The number of rotatable bonds is 5. The summed E-state index contributed by atoms with van der Waals surface area (Å²) in [6.45, 7) is 0.825. The number of carbonyl (C=O) groups excluding carboxylic acids is 3. The van der Waals surface area contributed by atoms with Gasteiger partial charge in [0.1, 0.15) is 19.3 Å². The third kappa shape index (κ3) is 4.55. The molecule has 25 heavy (non-hydrogen) atoms. The lowest BCUT2D eigenvalue weighted by atomic mass is 9.99. The summed E-state index contributed by atoms with van der Waals surface area (Å²) >= 11 is 0. The van der Waals surface area contributed by atoms with Gasteiger partial charge in [0.25, 0.3) is 0 Å². The average Bonchev–Trinajstić information content (AvgIpc) is 2.56. The van der Waals surface area contributed by atoms with Crippen LogP contribution >= 0.6 is 0 Å². The number of ether oxygens (including phenoxy) is 1. The smallest absolute Gasteiger partial charge is 0.249 e. The van der Waals surface area contributed by atoms with Crippen LogP contribution in [0.25, 0.3) is 0 Å². The minimum Gasteiger partial charge on any atom is -0.394 e. The molecule has 0 unspecified atom stereocenters. The number of carbonyl (C=O) groups is 3. The van der Waals surface area contributed by atoms with Crippen molar-refractivity contribution >= 4 is 23.4 Å². The van der Waals surface area contributed by atoms with Crippen molar-refractivity contribution in [2.45, 2.75) is 19.1 Å². The lowest BCUT2D eigenvalue weighted by Crippen LogP contribution is -2.55. The topological polar surface area (TPSA) is 99.2 Å². The van der Waals surface area contributed by atoms with E-state index in [-0.39, 0.29) is 37.5 Å². The molecule has 1 aromatic carbocycles. The summed E-state index contributed by atoms with van der Waals surface area (Å²) in [7, 11) is 3.22. The highest BCUT2D eigenvalue weighted by Gasteiger charge is 2.38. The van der Waals surface area contributed by atoms with Gasteiger partial charge in [0, 0.05) is 26.7 Å². The Balaban J connectivity index is 2.20. The van der Waals surface area contributed by atoms with E-state index in [9.17, 15) is 19.5 Å². The molecule has 1 aliphatic heterocycles. The highest BCUT2D eigenvalue weighted by atomic mass is 16.5.